The highest BCUT2D eigenvalue weighted by Crippen LogP contribution is 2.11. The first-order valence-corrected chi connectivity index (χ1v) is 7.23. The summed E-state index contributed by atoms with van der Waals surface area (Å²) in [5, 5.41) is 0.657. The third-order valence-electron chi connectivity index (χ3n) is 3.18. The summed E-state index contributed by atoms with van der Waals surface area (Å²) in [6, 6.07) is 16.5. The fourth-order valence-electron chi connectivity index (χ4n) is 1.93. The maximum atomic E-state index is 11.8. The predicted molar refractivity (Wildman–Crippen MR) is 84.0 cm³/mol. The molecule has 2 aromatic rings. The summed E-state index contributed by atoms with van der Waals surface area (Å²) in [7, 11) is 0. The van der Waals surface area contributed by atoms with Gasteiger partial charge in [-0.05, 0) is 36.1 Å². The lowest BCUT2D eigenvalue weighted by atomic mass is 10.1. The van der Waals surface area contributed by atoms with Gasteiger partial charge in [-0.25, -0.2) is 0 Å². The molecular formula is C17H18ClNO2. The van der Waals surface area contributed by atoms with E-state index in [-0.39, 0.29) is 12.6 Å². The fraction of sp³-hybridized carbons (Fsp3) is 0.235. The van der Waals surface area contributed by atoms with E-state index in [1.807, 2.05) is 42.5 Å². The summed E-state index contributed by atoms with van der Waals surface area (Å²) in [5.41, 5.74) is 7.91. The summed E-state index contributed by atoms with van der Waals surface area (Å²) in [6.07, 6.45) is 1.33. The van der Waals surface area contributed by atoms with Crippen LogP contribution in [0, 0.1) is 0 Å². The molecule has 0 radical (unpaired) electrons. The number of ether oxygens (including phenoxy) is 1. The Morgan fingerprint density at radius 2 is 1.71 bits per heavy atom. The van der Waals surface area contributed by atoms with Gasteiger partial charge >= 0.3 is 5.97 Å². The Hall–Kier alpha value is -1.84. The van der Waals surface area contributed by atoms with Crippen molar-refractivity contribution < 1.29 is 9.53 Å². The predicted octanol–water partition coefficient (Wildman–Crippen LogP) is 3.34. The number of aryl methyl sites for hydroxylation is 1. The van der Waals surface area contributed by atoms with Crippen LogP contribution in [0.25, 0.3) is 0 Å². The van der Waals surface area contributed by atoms with Gasteiger partial charge in [0.05, 0.1) is 0 Å². The molecule has 1 atom stereocenters. The van der Waals surface area contributed by atoms with Gasteiger partial charge in [-0.15, -0.1) is 0 Å². The van der Waals surface area contributed by atoms with Crippen molar-refractivity contribution in [2.75, 3.05) is 0 Å². The highest BCUT2D eigenvalue weighted by molar-refractivity contribution is 6.30. The van der Waals surface area contributed by atoms with Crippen LogP contribution in [0.5, 0.6) is 0 Å². The standard InChI is InChI=1S/C17H18ClNO2/c18-15-9-6-14(7-10-15)12-21-17(20)16(19)11-8-13-4-2-1-3-5-13/h1-7,9-10,16H,8,11-12,19H2. The van der Waals surface area contributed by atoms with E-state index in [0.717, 1.165) is 12.0 Å². The molecule has 0 spiro atoms. The monoisotopic (exact) mass is 303 g/mol. The van der Waals surface area contributed by atoms with Gasteiger partial charge in [0, 0.05) is 5.02 Å². The van der Waals surface area contributed by atoms with E-state index in [0.29, 0.717) is 11.4 Å². The number of carbonyl (C=O) groups is 1. The average Bonchev–Trinajstić information content (AvgIpc) is 2.52. The van der Waals surface area contributed by atoms with E-state index in [9.17, 15) is 4.79 Å². The van der Waals surface area contributed by atoms with Crippen molar-refractivity contribution in [2.24, 2.45) is 5.73 Å². The Bertz CT molecular complexity index is 569. The molecule has 1 unspecified atom stereocenters. The van der Waals surface area contributed by atoms with Crippen LogP contribution in [0.2, 0.25) is 5.02 Å². The highest BCUT2D eigenvalue weighted by Gasteiger charge is 2.15. The van der Waals surface area contributed by atoms with Gasteiger partial charge in [0.1, 0.15) is 12.6 Å². The minimum atomic E-state index is -0.600. The molecule has 21 heavy (non-hydrogen) atoms. The molecule has 0 saturated heterocycles. The molecular weight excluding hydrogens is 286 g/mol. The summed E-state index contributed by atoms with van der Waals surface area (Å²) >= 11 is 5.80. The molecule has 4 heteroatoms. The van der Waals surface area contributed by atoms with Gasteiger partial charge in [0.25, 0.3) is 0 Å². The lowest BCUT2D eigenvalue weighted by Crippen LogP contribution is -2.32. The minimum absolute atomic E-state index is 0.217. The van der Waals surface area contributed by atoms with Crippen molar-refractivity contribution in [1.82, 2.24) is 0 Å². The van der Waals surface area contributed by atoms with Crippen molar-refractivity contribution in [3.63, 3.8) is 0 Å². The average molecular weight is 304 g/mol. The van der Waals surface area contributed by atoms with Crippen molar-refractivity contribution in [3.8, 4) is 0 Å². The fourth-order valence-corrected chi connectivity index (χ4v) is 2.05. The molecule has 0 aromatic heterocycles. The van der Waals surface area contributed by atoms with E-state index >= 15 is 0 Å². The van der Waals surface area contributed by atoms with Crippen LogP contribution in [-0.4, -0.2) is 12.0 Å². The Labute approximate surface area is 129 Å². The molecule has 0 aliphatic carbocycles. The van der Waals surface area contributed by atoms with Crippen LogP contribution in [0.4, 0.5) is 0 Å². The second kappa shape index (κ2) is 7.81. The zero-order chi connectivity index (χ0) is 15.1. The third kappa shape index (κ3) is 5.21. The first-order chi connectivity index (χ1) is 10.1. The van der Waals surface area contributed by atoms with Crippen molar-refractivity contribution in [3.05, 3.63) is 70.7 Å². The number of halogens is 1. The van der Waals surface area contributed by atoms with Crippen LogP contribution in [0.3, 0.4) is 0 Å². The lowest BCUT2D eigenvalue weighted by Gasteiger charge is -2.11. The third-order valence-corrected chi connectivity index (χ3v) is 3.44. The molecule has 0 aliphatic rings. The van der Waals surface area contributed by atoms with Crippen LogP contribution in [-0.2, 0) is 22.6 Å². The molecule has 0 amide bonds. The van der Waals surface area contributed by atoms with Gasteiger partial charge in [-0.3, -0.25) is 4.79 Å². The molecule has 110 valence electrons. The molecule has 0 heterocycles. The molecule has 2 rings (SSSR count). The molecule has 0 bridgehead atoms. The normalized spacial score (nSPS) is 11.9. The van der Waals surface area contributed by atoms with Gasteiger partial charge < -0.3 is 10.5 Å². The van der Waals surface area contributed by atoms with Crippen molar-refractivity contribution >= 4 is 17.6 Å². The van der Waals surface area contributed by atoms with E-state index in [4.69, 9.17) is 22.1 Å². The molecule has 0 fully saturated rings. The Balaban J connectivity index is 1.76. The minimum Gasteiger partial charge on any atom is -0.460 e. The number of hydrogen-bond acceptors (Lipinski definition) is 3. The largest absolute Gasteiger partial charge is 0.460 e. The van der Waals surface area contributed by atoms with Crippen molar-refractivity contribution in [2.45, 2.75) is 25.5 Å². The first kappa shape index (κ1) is 15.5. The van der Waals surface area contributed by atoms with Crippen LogP contribution >= 0.6 is 11.6 Å². The van der Waals surface area contributed by atoms with E-state index in [2.05, 4.69) is 0 Å². The van der Waals surface area contributed by atoms with Gasteiger partial charge in [0.2, 0.25) is 0 Å². The number of carbonyl (C=O) groups excluding carboxylic acids is 1. The Morgan fingerprint density at radius 3 is 2.38 bits per heavy atom. The molecule has 3 nitrogen and oxygen atoms in total. The van der Waals surface area contributed by atoms with Gasteiger partial charge in [0.15, 0.2) is 0 Å². The second-order valence-corrected chi connectivity index (χ2v) is 5.30. The SMILES string of the molecule is NC(CCc1ccccc1)C(=O)OCc1ccc(Cl)cc1. The number of benzene rings is 2. The van der Waals surface area contributed by atoms with Gasteiger partial charge in [-0.2, -0.15) is 0 Å². The summed E-state index contributed by atoms with van der Waals surface area (Å²) < 4.78 is 5.21. The summed E-state index contributed by atoms with van der Waals surface area (Å²) in [4.78, 5) is 11.8. The summed E-state index contributed by atoms with van der Waals surface area (Å²) in [5.74, 6) is -0.374. The number of rotatable bonds is 6. The van der Waals surface area contributed by atoms with E-state index in [1.165, 1.54) is 5.56 Å². The van der Waals surface area contributed by atoms with Crippen LogP contribution in [0.15, 0.2) is 54.6 Å². The van der Waals surface area contributed by atoms with E-state index < -0.39 is 6.04 Å². The maximum absolute atomic E-state index is 11.8. The lowest BCUT2D eigenvalue weighted by molar-refractivity contribution is -0.146. The van der Waals surface area contributed by atoms with Crippen LogP contribution in [0.1, 0.15) is 17.5 Å². The van der Waals surface area contributed by atoms with E-state index in [1.54, 1.807) is 12.1 Å². The second-order valence-electron chi connectivity index (χ2n) is 4.86. The molecule has 2 aromatic carbocycles. The topological polar surface area (TPSA) is 52.3 Å². The first-order valence-electron chi connectivity index (χ1n) is 6.86. The smallest absolute Gasteiger partial charge is 0.323 e. The van der Waals surface area contributed by atoms with Crippen LogP contribution < -0.4 is 5.73 Å². The quantitative estimate of drug-likeness (QED) is 0.833. The summed E-state index contributed by atoms with van der Waals surface area (Å²) in [6.45, 7) is 0.217. The Morgan fingerprint density at radius 1 is 1.05 bits per heavy atom. The number of esters is 1. The molecule has 0 saturated carbocycles. The molecule has 0 aliphatic heterocycles. The highest BCUT2D eigenvalue weighted by atomic mass is 35.5. The van der Waals surface area contributed by atoms with Gasteiger partial charge in [-0.1, -0.05) is 54.1 Å². The Kier molecular flexibility index (Phi) is 5.78. The molecule has 2 N–H and O–H groups in total. The zero-order valence-electron chi connectivity index (χ0n) is 11.7. The maximum Gasteiger partial charge on any atom is 0.323 e. The zero-order valence-corrected chi connectivity index (χ0v) is 12.4. The van der Waals surface area contributed by atoms with Crippen molar-refractivity contribution in [1.29, 1.82) is 0 Å². The number of hydrogen-bond donors (Lipinski definition) is 1. The number of nitrogens with two attached hydrogens (primary N) is 1.